The van der Waals surface area contributed by atoms with Crippen molar-refractivity contribution in [1.82, 2.24) is 43.7 Å². The van der Waals surface area contributed by atoms with Gasteiger partial charge in [0.05, 0.1) is 34.6 Å². The number of aromatic nitrogens is 7. The molecule has 1 unspecified atom stereocenters. The van der Waals surface area contributed by atoms with Crippen LogP contribution in [-0.2, 0) is 16.6 Å². The van der Waals surface area contributed by atoms with E-state index in [4.69, 9.17) is 0 Å². The van der Waals surface area contributed by atoms with E-state index < -0.39 is 30.0 Å². The number of halogens is 2. The van der Waals surface area contributed by atoms with Crippen LogP contribution in [0.4, 0.5) is 20.2 Å². The summed E-state index contributed by atoms with van der Waals surface area (Å²) in [5.74, 6) is -0.721. The van der Waals surface area contributed by atoms with E-state index in [1.165, 1.54) is 17.0 Å². The number of rotatable bonds is 10. The molecule has 1 saturated carbocycles. The zero-order valence-electron chi connectivity index (χ0n) is 32.7. The van der Waals surface area contributed by atoms with Gasteiger partial charge in [-0.05, 0) is 82.0 Å². The molecule has 8 rings (SSSR count). The third kappa shape index (κ3) is 7.21. The first-order chi connectivity index (χ1) is 27.4. The zero-order chi connectivity index (χ0) is 40.1. The largest absolute Gasteiger partial charge is 0.370 e. The Morgan fingerprint density at radius 1 is 1.04 bits per heavy atom. The Kier molecular flexibility index (Phi) is 10.4. The first-order valence-corrected chi connectivity index (χ1v) is 19.9. The van der Waals surface area contributed by atoms with Gasteiger partial charge in [0.2, 0.25) is 11.8 Å². The maximum atomic E-state index is 14.2. The smallest absolute Gasteiger partial charge is 0.329 e. The lowest BCUT2D eigenvalue weighted by Gasteiger charge is -2.40. The molecule has 6 heterocycles. The Balaban J connectivity index is 0.869. The molecule has 57 heavy (non-hydrogen) atoms. The molecule has 2 aliphatic heterocycles. The highest BCUT2D eigenvalue weighted by Crippen LogP contribution is 2.37. The standard InChI is InChI=1S/C40H49F2N11O4/c1-23(2)29-14-17-43-37-27(20-44-53(29)37)38(55)45-28-22-51(47-34(28)36(41)42)26-10-8-24(9-11-26)21-48(3)25-15-18-50(19-16-25)30-6-5-7-31-35(30)49(4)40(57)52(31)32-12-13-33(54)46-39(32)56/h5-7,14,17,20,22-26,32,36H,8-13,15-16,18-19,21H2,1-4H3,(H,45,55)(H,46,54,56)/t24-,26-,32?. The minimum Gasteiger partial charge on any atom is -0.370 e. The maximum absolute atomic E-state index is 14.2. The maximum Gasteiger partial charge on any atom is 0.329 e. The number of imide groups is 1. The number of alkyl halides is 2. The van der Waals surface area contributed by atoms with Crippen LogP contribution in [0, 0.1) is 5.92 Å². The number of carbonyl (C=O) groups excluding carboxylic acids is 3. The third-order valence-electron chi connectivity index (χ3n) is 12.3. The summed E-state index contributed by atoms with van der Waals surface area (Å²) in [6.07, 6.45) is 7.56. The second kappa shape index (κ2) is 15.5. The van der Waals surface area contributed by atoms with Gasteiger partial charge < -0.3 is 15.1 Å². The first kappa shape index (κ1) is 38.4. The number of hydrogen-bond acceptors (Lipinski definition) is 9. The van der Waals surface area contributed by atoms with E-state index in [1.807, 2.05) is 38.1 Å². The van der Waals surface area contributed by atoms with Gasteiger partial charge in [0, 0.05) is 57.2 Å². The highest BCUT2D eigenvalue weighted by molar-refractivity contribution is 6.08. The van der Waals surface area contributed by atoms with Gasteiger partial charge in [0.1, 0.15) is 11.6 Å². The van der Waals surface area contributed by atoms with Crippen LogP contribution in [0.15, 0.2) is 47.7 Å². The van der Waals surface area contributed by atoms with Crippen molar-refractivity contribution in [2.24, 2.45) is 13.0 Å². The Morgan fingerprint density at radius 3 is 2.49 bits per heavy atom. The highest BCUT2D eigenvalue weighted by Gasteiger charge is 2.34. The minimum atomic E-state index is -2.86. The number of benzene rings is 1. The number of aryl methyl sites for hydroxylation is 1. The summed E-state index contributed by atoms with van der Waals surface area (Å²) in [7, 11) is 3.91. The van der Waals surface area contributed by atoms with Crippen molar-refractivity contribution >= 4 is 45.8 Å². The minimum absolute atomic E-state index is 0.00657. The molecule has 1 atom stereocenters. The van der Waals surface area contributed by atoms with Crippen LogP contribution in [-0.4, -0.2) is 88.9 Å². The molecule has 0 radical (unpaired) electrons. The summed E-state index contributed by atoms with van der Waals surface area (Å²) in [4.78, 5) is 60.3. The Hall–Kier alpha value is -5.45. The van der Waals surface area contributed by atoms with Crippen molar-refractivity contribution in [3.05, 3.63) is 70.3 Å². The van der Waals surface area contributed by atoms with Crippen LogP contribution in [0.25, 0.3) is 16.7 Å². The van der Waals surface area contributed by atoms with Crippen molar-refractivity contribution in [2.75, 3.05) is 36.9 Å². The molecule has 5 aromatic rings. The van der Waals surface area contributed by atoms with Gasteiger partial charge in [0.25, 0.3) is 12.3 Å². The van der Waals surface area contributed by atoms with Gasteiger partial charge in [-0.15, -0.1) is 0 Å². The van der Waals surface area contributed by atoms with Crippen LogP contribution in [0.1, 0.15) is 111 Å². The molecule has 15 nitrogen and oxygen atoms in total. The molecule has 1 aliphatic carbocycles. The molecule has 2 saturated heterocycles. The first-order valence-electron chi connectivity index (χ1n) is 19.9. The van der Waals surface area contributed by atoms with Crippen molar-refractivity contribution in [3.8, 4) is 0 Å². The van der Waals surface area contributed by atoms with Crippen LogP contribution >= 0.6 is 0 Å². The van der Waals surface area contributed by atoms with E-state index >= 15 is 0 Å². The number of fused-ring (bicyclic) bond motifs is 2. The second-order valence-electron chi connectivity index (χ2n) is 16.1. The zero-order valence-corrected chi connectivity index (χ0v) is 32.7. The van der Waals surface area contributed by atoms with Gasteiger partial charge >= 0.3 is 5.69 Å². The molecular formula is C40H49F2N11O4. The number of para-hydroxylation sites is 1. The fourth-order valence-electron chi connectivity index (χ4n) is 9.15. The van der Waals surface area contributed by atoms with E-state index in [0.29, 0.717) is 29.5 Å². The Bertz CT molecular complexity index is 2380. The van der Waals surface area contributed by atoms with E-state index in [2.05, 4.69) is 42.7 Å². The number of nitrogens with one attached hydrogen (secondary N) is 2. The molecular weight excluding hydrogens is 737 g/mol. The summed E-state index contributed by atoms with van der Waals surface area (Å²) in [6.45, 7) is 6.60. The highest BCUT2D eigenvalue weighted by atomic mass is 19.3. The summed E-state index contributed by atoms with van der Waals surface area (Å²) in [5.41, 5.74) is 3.15. The predicted molar refractivity (Wildman–Crippen MR) is 210 cm³/mol. The van der Waals surface area contributed by atoms with Crippen LogP contribution in [0.2, 0.25) is 0 Å². The molecule has 0 spiro atoms. The fraction of sp³-hybridized carbons (Fsp3) is 0.525. The normalized spacial score (nSPS) is 21.1. The van der Waals surface area contributed by atoms with Crippen LogP contribution in [0.3, 0.4) is 0 Å². The number of imidazole rings is 1. The van der Waals surface area contributed by atoms with Crippen molar-refractivity contribution < 1.29 is 23.2 Å². The molecule has 17 heteroatoms. The third-order valence-corrected chi connectivity index (χ3v) is 12.3. The van der Waals surface area contributed by atoms with Crippen molar-refractivity contribution in [2.45, 2.75) is 95.7 Å². The van der Waals surface area contributed by atoms with Gasteiger partial charge in [-0.2, -0.15) is 10.2 Å². The molecule has 1 aromatic carbocycles. The van der Waals surface area contributed by atoms with E-state index in [0.717, 1.165) is 75.1 Å². The van der Waals surface area contributed by atoms with Gasteiger partial charge in [-0.3, -0.25) is 33.5 Å². The molecule has 0 bridgehead atoms. The van der Waals surface area contributed by atoms with Crippen molar-refractivity contribution in [1.29, 1.82) is 0 Å². The van der Waals surface area contributed by atoms with Crippen LogP contribution in [0.5, 0.6) is 0 Å². The topological polar surface area (TPSA) is 157 Å². The molecule has 3 amide bonds. The second-order valence-corrected chi connectivity index (χ2v) is 16.1. The monoisotopic (exact) mass is 785 g/mol. The number of amides is 3. The quantitative estimate of drug-likeness (QED) is 0.182. The Labute approximate surface area is 328 Å². The molecule has 2 N–H and O–H groups in total. The summed E-state index contributed by atoms with van der Waals surface area (Å²) in [5, 5.41) is 13.6. The number of nitrogens with zero attached hydrogens (tertiary/aromatic N) is 9. The van der Waals surface area contributed by atoms with Crippen molar-refractivity contribution in [3.63, 3.8) is 0 Å². The molecule has 4 aromatic heterocycles. The molecule has 302 valence electrons. The summed E-state index contributed by atoms with van der Waals surface area (Å²) >= 11 is 0. The van der Waals surface area contributed by atoms with E-state index in [1.54, 1.807) is 27.0 Å². The van der Waals surface area contributed by atoms with Gasteiger partial charge in [0.15, 0.2) is 11.3 Å². The van der Waals surface area contributed by atoms with E-state index in [9.17, 15) is 28.0 Å². The lowest BCUT2D eigenvalue weighted by molar-refractivity contribution is -0.135. The number of hydrogen-bond donors (Lipinski definition) is 2. The summed E-state index contributed by atoms with van der Waals surface area (Å²) in [6, 6.07) is 7.27. The Morgan fingerprint density at radius 2 is 1.79 bits per heavy atom. The molecule has 3 fully saturated rings. The average molecular weight is 786 g/mol. The SMILES string of the molecule is CC(C)c1ccnc2c(C(=O)Nc3cn([C@H]4CC[C@H](CN(C)C5CCN(c6cccc7c6n(C)c(=O)n7C6CCC(=O)NC6=O)CC5)CC4)nc3C(F)F)cnn12. The number of anilines is 2. The van der Waals surface area contributed by atoms with Gasteiger partial charge in [-0.1, -0.05) is 19.9 Å². The van der Waals surface area contributed by atoms with E-state index in [-0.39, 0.29) is 41.2 Å². The van der Waals surface area contributed by atoms with Gasteiger partial charge in [-0.25, -0.2) is 23.1 Å². The summed E-state index contributed by atoms with van der Waals surface area (Å²) < 4.78 is 34.7. The lowest BCUT2D eigenvalue weighted by Crippen LogP contribution is -2.45. The lowest BCUT2D eigenvalue weighted by atomic mass is 9.85. The number of piperidine rings is 2. The molecule has 3 aliphatic rings. The fourth-order valence-corrected chi connectivity index (χ4v) is 9.15. The average Bonchev–Trinajstić information content (AvgIpc) is 3.90. The number of carbonyl (C=O) groups is 3. The van der Waals surface area contributed by atoms with Crippen LogP contribution < -0.4 is 21.2 Å². The predicted octanol–water partition coefficient (Wildman–Crippen LogP) is 5.20.